The Hall–Kier alpha value is -3.04. The van der Waals surface area contributed by atoms with Crippen molar-refractivity contribution < 1.29 is 10.0 Å². The summed E-state index contributed by atoms with van der Waals surface area (Å²) in [6.07, 6.45) is 1.86. The highest BCUT2D eigenvalue weighted by Gasteiger charge is 2.37. The number of nitro groups is 1. The molecular formula is C19H22N6O3. The molecule has 4 rings (SSSR count). The molecule has 9 nitrogen and oxygen atoms in total. The Kier molecular flexibility index (Phi) is 4.70. The van der Waals surface area contributed by atoms with E-state index in [4.69, 9.17) is 0 Å². The molecule has 146 valence electrons. The van der Waals surface area contributed by atoms with E-state index in [-0.39, 0.29) is 5.82 Å². The topological polar surface area (TPSA) is 100 Å². The zero-order valence-electron chi connectivity index (χ0n) is 15.6. The summed E-state index contributed by atoms with van der Waals surface area (Å²) >= 11 is 0. The normalized spacial score (nSPS) is 19.9. The predicted octanol–water partition coefficient (Wildman–Crippen LogP) is 1.71. The molecule has 28 heavy (non-hydrogen) atoms. The second-order valence-corrected chi connectivity index (χ2v) is 7.36. The Balaban J connectivity index is 1.45. The van der Waals surface area contributed by atoms with Crippen molar-refractivity contribution in [3.63, 3.8) is 0 Å². The van der Waals surface area contributed by atoms with Gasteiger partial charge in [0.2, 0.25) is 5.65 Å². The second-order valence-electron chi connectivity index (χ2n) is 7.36. The molecular weight excluding hydrogens is 360 g/mol. The van der Waals surface area contributed by atoms with Gasteiger partial charge >= 0.3 is 5.82 Å². The highest BCUT2D eigenvalue weighted by atomic mass is 16.6. The lowest BCUT2D eigenvalue weighted by Crippen LogP contribution is -2.44. The van der Waals surface area contributed by atoms with Gasteiger partial charge in [0.1, 0.15) is 6.20 Å². The number of imidazole rings is 1. The number of anilines is 1. The molecule has 1 unspecified atom stereocenters. The molecule has 0 saturated carbocycles. The van der Waals surface area contributed by atoms with Gasteiger partial charge in [0.25, 0.3) is 0 Å². The van der Waals surface area contributed by atoms with Crippen molar-refractivity contribution in [3.05, 3.63) is 64.3 Å². The van der Waals surface area contributed by atoms with Crippen LogP contribution in [0, 0.1) is 10.1 Å². The van der Waals surface area contributed by atoms with Crippen LogP contribution in [0.3, 0.4) is 0 Å². The molecule has 1 aliphatic heterocycles. The predicted molar refractivity (Wildman–Crippen MR) is 104 cm³/mol. The standard InChI is InChI=1S/C19H22N6O3/c1-22(17-8-7-16-20-11-18(25(27)28)24(16)21-17)13-19(26)9-10-23(14-19)12-15-5-3-2-4-6-15/h2-8,11,26H,9-10,12-14H2,1H3. The number of aliphatic hydroxyl groups is 1. The quantitative estimate of drug-likeness (QED) is 0.512. The average molecular weight is 382 g/mol. The molecule has 0 bridgehead atoms. The highest BCUT2D eigenvalue weighted by molar-refractivity contribution is 5.49. The van der Waals surface area contributed by atoms with E-state index in [1.54, 1.807) is 12.1 Å². The number of rotatable bonds is 6. The van der Waals surface area contributed by atoms with Crippen molar-refractivity contribution in [1.29, 1.82) is 0 Å². The van der Waals surface area contributed by atoms with E-state index < -0.39 is 10.5 Å². The van der Waals surface area contributed by atoms with Gasteiger partial charge in [-0.15, -0.1) is 0 Å². The molecule has 1 atom stereocenters. The zero-order chi connectivity index (χ0) is 19.7. The van der Waals surface area contributed by atoms with Gasteiger partial charge in [0.15, 0.2) is 5.82 Å². The average Bonchev–Trinajstić information content (AvgIpc) is 3.25. The summed E-state index contributed by atoms with van der Waals surface area (Å²) in [6, 6.07) is 13.6. The molecule has 1 aliphatic rings. The first kappa shape index (κ1) is 18.3. The number of hydrogen-bond donors (Lipinski definition) is 1. The molecule has 1 N–H and O–H groups in total. The zero-order valence-corrected chi connectivity index (χ0v) is 15.6. The molecule has 0 amide bonds. The summed E-state index contributed by atoms with van der Waals surface area (Å²) in [6.45, 7) is 2.58. The maximum Gasteiger partial charge on any atom is 0.368 e. The minimum Gasteiger partial charge on any atom is -0.387 e. The van der Waals surface area contributed by atoms with Gasteiger partial charge in [-0.2, -0.15) is 0 Å². The van der Waals surface area contributed by atoms with Crippen LogP contribution in [0.2, 0.25) is 0 Å². The van der Waals surface area contributed by atoms with Crippen LogP contribution >= 0.6 is 0 Å². The third kappa shape index (κ3) is 3.67. The monoisotopic (exact) mass is 382 g/mol. The van der Waals surface area contributed by atoms with Crippen molar-refractivity contribution in [2.75, 3.05) is 31.6 Å². The molecule has 1 aromatic carbocycles. The van der Waals surface area contributed by atoms with Crippen molar-refractivity contribution >= 4 is 17.3 Å². The molecule has 0 aliphatic carbocycles. The van der Waals surface area contributed by atoms with Gasteiger partial charge < -0.3 is 20.1 Å². The fourth-order valence-electron chi connectivity index (χ4n) is 3.75. The maximum atomic E-state index is 11.1. The lowest BCUT2D eigenvalue weighted by molar-refractivity contribution is -0.391. The summed E-state index contributed by atoms with van der Waals surface area (Å²) in [7, 11) is 1.83. The van der Waals surface area contributed by atoms with Crippen molar-refractivity contribution in [2.24, 2.45) is 0 Å². The molecule has 0 radical (unpaired) electrons. The molecule has 1 saturated heterocycles. The molecule has 1 fully saturated rings. The van der Waals surface area contributed by atoms with Gasteiger partial charge in [-0.25, -0.2) is 4.98 Å². The second kappa shape index (κ2) is 7.17. The van der Waals surface area contributed by atoms with Crippen LogP contribution in [0.4, 0.5) is 11.6 Å². The Morgan fingerprint density at radius 1 is 1.29 bits per heavy atom. The van der Waals surface area contributed by atoms with E-state index in [0.29, 0.717) is 31.0 Å². The molecule has 9 heteroatoms. The lowest BCUT2D eigenvalue weighted by Gasteiger charge is -2.29. The third-order valence-electron chi connectivity index (χ3n) is 5.10. The van der Waals surface area contributed by atoms with Crippen LogP contribution in [0.15, 0.2) is 48.7 Å². The van der Waals surface area contributed by atoms with Crippen molar-refractivity contribution in [1.82, 2.24) is 19.5 Å². The highest BCUT2D eigenvalue weighted by Crippen LogP contribution is 2.25. The molecule has 2 aromatic heterocycles. The number of aromatic nitrogens is 3. The summed E-state index contributed by atoms with van der Waals surface area (Å²) in [4.78, 5) is 18.7. The Bertz CT molecular complexity index is 992. The van der Waals surface area contributed by atoms with E-state index in [2.05, 4.69) is 27.1 Å². The van der Waals surface area contributed by atoms with Crippen LogP contribution < -0.4 is 4.90 Å². The summed E-state index contributed by atoms with van der Waals surface area (Å²) < 4.78 is 1.21. The number of likely N-dealkylation sites (N-methyl/N-ethyl adjacent to an activating group) is 1. The van der Waals surface area contributed by atoms with Crippen LogP contribution in [-0.4, -0.2) is 61.8 Å². The molecule has 3 aromatic rings. The van der Waals surface area contributed by atoms with E-state index in [0.717, 1.165) is 13.1 Å². The van der Waals surface area contributed by atoms with Crippen LogP contribution in [0.1, 0.15) is 12.0 Å². The SMILES string of the molecule is CN(CC1(O)CCN(Cc2ccccc2)C1)c1ccc2ncc([N+](=O)[O-])n2n1. The van der Waals surface area contributed by atoms with Gasteiger partial charge in [-0.1, -0.05) is 39.9 Å². The number of nitrogens with zero attached hydrogens (tertiary/aromatic N) is 6. The fourth-order valence-corrected chi connectivity index (χ4v) is 3.75. The Morgan fingerprint density at radius 2 is 2.07 bits per heavy atom. The van der Waals surface area contributed by atoms with E-state index in [1.807, 2.05) is 30.1 Å². The first-order chi connectivity index (χ1) is 13.4. The van der Waals surface area contributed by atoms with Gasteiger partial charge in [-0.05, 0) is 23.0 Å². The van der Waals surface area contributed by atoms with Crippen LogP contribution in [0.5, 0.6) is 0 Å². The first-order valence-corrected chi connectivity index (χ1v) is 9.12. The van der Waals surface area contributed by atoms with E-state index >= 15 is 0 Å². The van der Waals surface area contributed by atoms with Crippen molar-refractivity contribution in [2.45, 2.75) is 18.6 Å². The number of likely N-dealkylation sites (tertiary alicyclic amines) is 1. The first-order valence-electron chi connectivity index (χ1n) is 9.12. The maximum absolute atomic E-state index is 11.1. The van der Waals surface area contributed by atoms with Gasteiger partial charge in [0.05, 0.1) is 5.60 Å². The largest absolute Gasteiger partial charge is 0.387 e. The van der Waals surface area contributed by atoms with Crippen molar-refractivity contribution in [3.8, 4) is 0 Å². The van der Waals surface area contributed by atoms with Gasteiger partial charge in [-0.3, -0.25) is 4.90 Å². The minimum absolute atomic E-state index is 0.182. The summed E-state index contributed by atoms with van der Waals surface area (Å²) in [5, 5.41) is 26.5. The Morgan fingerprint density at radius 3 is 2.82 bits per heavy atom. The third-order valence-corrected chi connectivity index (χ3v) is 5.10. The number of β-amino-alcohol motifs (C(OH)–C–C–N with tert-alkyl or cyclic N) is 1. The van der Waals surface area contributed by atoms with E-state index in [9.17, 15) is 15.2 Å². The minimum atomic E-state index is -0.860. The molecule has 0 spiro atoms. The fraction of sp³-hybridized carbons (Fsp3) is 0.368. The number of benzene rings is 1. The van der Waals surface area contributed by atoms with Crippen LogP contribution in [-0.2, 0) is 6.54 Å². The van der Waals surface area contributed by atoms with E-state index in [1.165, 1.54) is 16.3 Å². The Labute approximate surface area is 162 Å². The summed E-state index contributed by atoms with van der Waals surface area (Å²) in [5.41, 5.74) is 0.776. The number of hydrogen-bond acceptors (Lipinski definition) is 7. The molecule has 3 heterocycles. The number of fused-ring (bicyclic) bond motifs is 1. The summed E-state index contributed by atoms with van der Waals surface area (Å²) in [5.74, 6) is 0.363. The van der Waals surface area contributed by atoms with Gasteiger partial charge in [0, 0.05) is 39.3 Å². The lowest BCUT2D eigenvalue weighted by atomic mass is 10.0. The smallest absolute Gasteiger partial charge is 0.368 e. The van der Waals surface area contributed by atoms with Crippen LogP contribution in [0.25, 0.3) is 5.65 Å².